The average molecular weight is 374 g/mol. The van der Waals surface area contributed by atoms with Gasteiger partial charge in [-0.2, -0.15) is 0 Å². The first-order valence-corrected chi connectivity index (χ1v) is 9.05. The van der Waals surface area contributed by atoms with Gasteiger partial charge in [0.25, 0.3) is 0 Å². The number of aromatic amines is 1. The molecule has 3 heterocycles. The van der Waals surface area contributed by atoms with Crippen molar-refractivity contribution in [2.45, 2.75) is 16.8 Å². The number of alkyl halides is 1. The van der Waals surface area contributed by atoms with Crippen LogP contribution in [0.15, 0.2) is 54.3 Å². The van der Waals surface area contributed by atoms with Crippen LogP contribution in [0.1, 0.15) is 11.3 Å². The van der Waals surface area contributed by atoms with E-state index in [1.807, 2.05) is 12.1 Å². The number of aromatic nitrogens is 5. The van der Waals surface area contributed by atoms with E-state index in [9.17, 15) is 4.39 Å². The number of hydrogen-bond donors (Lipinski definition) is 1. The number of thioether (sulfide) groups is 1. The molecule has 8 heteroatoms. The van der Waals surface area contributed by atoms with Crippen LogP contribution < -0.4 is 0 Å². The molecule has 126 valence electrons. The SMILES string of the molecule is Fc1cc2[nH]c(SCc3cc(CCl)ccn3)nc2cc1-n1ccnc1. The summed E-state index contributed by atoms with van der Waals surface area (Å²) in [5.41, 5.74) is 3.74. The van der Waals surface area contributed by atoms with Gasteiger partial charge in [-0.25, -0.2) is 14.4 Å². The second-order valence-electron chi connectivity index (χ2n) is 5.41. The van der Waals surface area contributed by atoms with Gasteiger partial charge in [0.2, 0.25) is 0 Å². The summed E-state index contributed by atoms with van der Waals surface area (Å²) < 4.78 is 15.9. The molecule has 4 rings (SSSR count). The minimum absolute atomic E-state index is 0.331. The minimum Gasteiger partial charge on any atom is -0.333 e. The van der Waals surface area contributed by atoms with Crippen LogP contribution in [-0.2, 0) is 11.6 Å². The number of halogens is 2. The monoisotopic (exact) mass is 373 g/mol. The van der Waals surface area contributed by atoms with Gasteiger partial charge in [0.05, 0.1) is 28.7 Å². The molecule has 5 nitrogen and oxygen atoms in total. The summed E-state index contributed by atoms with van der Waals surface area (Å²) in [7, 11) is 0. The summed E-state index contributed by atoms with van der Waals surface area (Å²) in [5.74, 6) is 0.782. The van der Waals surface area contributed by atoms with E-state index in [0.29, 0.717) is 28.4 Å². The zero-order valence-electron chi connectivity index (χ0n) is 13.0. The van der Waals surface area contributed by atoms with Gasteiger partial charge in [0, 0.05) is 36.3 Å². The van der Waals surface area contributed by atoms with Crippen LogP contribution in [0.4, 0.5) is 4.39 Å². The van der Waals surface area contributed by atoms with E-state index in [4.69, 9.17) is 11.6 Å². The van der Waals surface area contributed by atoms with E-state index in [2.05, 4.69) is 19.9 Å². The van der Waals surface area contributed by atoms with Crippen molar-refractivity contribution in [3.05, 3.63) is 66.3 Å². The lowest BCUT2D eigenvalue weighted by atomic mass is 10.2. The molecule has 0 fully saturated rings. The van der Waals surface area contributed by atoms with E-state index < -0.39 is 0 Å². The highest BCUT2D eigenvalue weighted by atomic mass is 35.5. The Morgan fingerprint density at radius 3 is 2.96 bits per heavy atom. The minimum atomic E-state index is -0.331. The highest BCUT2D eigenvalue weighted by Crippen LogP contribution is 2.26. The maximum Gasteiger partial charge on any atom is 0.166 e. The maximum absolute atomic E-state index is 14.3. The highest BCUT2D eigenvalue weighted by molar-refractivity contribution is 7.98. The fraction of sp³-hybridized carbons (Fsp3) is 0.118. The number of imidazole rings is 2. The van der Waals surface area contributed by atoms with Gasteiger partial charge in [0.1, 0.15) is 5.82 Å². The van der Waals surface area contributed by atoms with Gasteiger partial charge in [-0.05, 0) is 23.8 Å². The van der Waals surface area contributed by atoms with Crippen LogP contribution in [0, 0.1) is 5.82 Å². The van der Waals surface area contributed by atoms with Crippen molar-refractivity contribution in [2.75, 3.05) is 0 Å². The summed E-state index contributed by atoms with van der Waals surface area (Å²) in [5, 5.41) is 0.718. The van der Waals surface area contributed by atoms with Crippen LogP contribution in [0.5, 0.6) is 0 Å². The van der Waals surface area contributed by atoms with Crippen molar-refractivity contribution in [2.24, 2.45) is 0 Å². The number of benzene rings is 1. The Balaban J connectivity index is 1.58. The molecule has 0 amide bonds. The van der Waals surface area contributed by atoms with E-state index in [1.54, 1.807) is 35.6 Å². The predicted molar refractivity (Wildman–Crippen MR) is 96.5 cm³/mol. The van der Waals surface area contributed by atoms with Gasteiger partial charge < -0.3 is 9.55 Å². The maximum atomic E-state index is 14.3. The molecule has 0 aliphatic rings. The molecule has 25 heavy (non-hydrogen) atoms. The Kier molecular flexibility index (Phi) is 4.42. The molecule has 0 saturated heterocycles. The van der Waals surface area contributed by atoms with E-state index >= 15 is 0 Å². The van der Waals surface area contributed by atoms with Crippen LogP contribution in [0.2, 0.25) is 0 Å². The second-order valence-corrected chi connectivity index (χ2v) is 6.64. The lowest BCUT2D eigenvalue weighted by Gasteiger charge is -2.03. The molecule has 1 aromatic carbocycles. The summed E-state index contributed by atoms with van der Waals surface area (Å²) in [6.07, 6.45) is 6.61. The number of rotatable bonds is 5. The Labute approximate surface area is 152 Å². The Morgan fingerprint density at radius 2 is 2.16 bits per heavy atom. The van der Waals surface area contributed by atoms with Crippen molar-refractivity contribution in [1.29, 1.82) is 0 Å². The summed E-state index contributed by atoms with van der Waals surface area (Å²) in [6, 6.07) is 7.02. The molecular weight excluding hydrogens is 361 g/mol. The largest absolute Gasteiger partial charge is 0.333 e. The Hall–Kier alpha value is -2.38. The van der Waals surface area contributed by atoms with Crippen LogP contribution >= 0.6 is 23.4 Å². The smallest absolute Gasteiger partial charge is 0.166 e. The summed E-state index contributed by atoms with van der Waals surface area (Å²) in [6.45, 7) is 0. The Morgan fingerprint density at radius 1 is 1.24 bits per heavy atom. The molecule has 0 spiro atoms. The first kappa shape index (κ1) is 16.1. The predicted octanol–water partition coefficient (Wildman–Crippen LogP) is 4.31. The van der Waals surface area contributed by atoms with Crippen molar-refractivity contribution < 1.29 is 4.39 Å². The first-order chi connectivity index (χ1) is 12.2. The second kappa shape index (κ2) is 6.85. The molecule has 0 atom stereocenters. The Bertz CT molecular complexity index is 1020. The van der Waals surface area contributed by atoms with Gasteiger partial charge in [0.15, 0.2) is 5.16 Å². The molecule has 0 aliphatic carbocycles. The topological polar surface area (TPSA) is 59.4 Å². The quantitative estimate of drug-likeness (QED) is 0.418. The van der Waals surface area contributed by atoms with Crippen molar-refractivity contribution in [3.8, 4) is 5.69 Å². The standard InChI is InChI=1S/C17H13ClFN5S/c18-8-11-1-2-21-12(5-11)9-25-17-22-14-6-13(19)16(7-15(14)23-17)24-4-3-20-10-24/h1-7,10H,8-9H2,(H,22,23). The number of H-pyrrole nitrogens is 1. The molecule has 0 aliphatic heterocycles. The first-order valence-electron chi connectivity index (χ1n) is 7.53. The van der Waals surface area contributed by atoms with E-state index in [0.717, 1.165) is 16.4 Å². The third kappa shape index (κ3) is 3.38. The molecule has 1 N–H and O–H groups in total. The molecule has 0 radical (unpaired) electrons. The zero-order valence-corrected chi connectivity index (χ0v) is 14.6. The number of nitrogens with zero attached hydrogens (tertiary/aromatic N) is 4. The van der Waals surface area contributed by atoms with Gasteiger partial charge in [-0.3, -0.25) is 4.98 Å². The third-order valence-electron chi connectivity index (χ3n) is 3.70. The van der Waals surface area contributed by atoms with Gasteiger partial charge >= 0.3 is 0 Å². The molecular formula is C17H13ClFN5S. The van der Waals surface area contributed by atoms with Crippen molar-refractivity contribution in [1.82, 2.24) is 24.5 Å². The zero-order chi connectivity index (χ0) is 17.2. The summed E-state index contributed by atoms with van der Waals surface area (Å²) >= 11 is 7.36. The highest BCUT2D eigenvalue weighted by Gasteiger charge is 2.11. The molecule has 0 bridgehead atoms. The van der Waals surface area contributed by atoms with Gasteiger partial charge in [-0.1, -0.05) is 11.8 Å². The average Bonchev–Trinajstić information content (AvgIpc) is 3.28. The fourth-order valence-electron chi connectivity index (χ4n) is 2.50. The lowest BCUT2D eigenvalue weighted by molar-refractivity contribution is 0.619. The van der Waals surface area contributed by atoms with E-state index in [-0.39, 0.29) is 5.82 Å². The van der Waals surface area contributed by atoms with Crippen LogP contribution in [0.3, 0.4) is 0 Å². The normalized spacial score (nSPS) is 11.3. The number of fused-ring (bicyclic) bond motifs is 1. The molecule has 0 unspecified atom stereocenters. The molecule has 0 saturated carbocycles. The number of hydrogen-bond acceptors (Lipinski definition) is 4. The van der Waals surface area contributed by atoms with Crippen molar-refractivity contribution >= 4 is 34.4 Å². The molecule has 3 aromatic heterocycles. The third-order valence-corrected chi connectivity index (χ3v) is 4.92. The van der Waals surface area contributed by atoms with Gasteiger partial charge in [-0.15, -0.1) is 11.6 Å². The number of nitrogens with one attached hydrogen (secondary N) is 1. The number of pyridine rings is 1. The van der Waals surface area contributed by atoms with E-state index in [1.165, 1.54) is 17.8 Å². The molecule has 4 aromatic rings. The van der Waals surface area contributed by atoms with Crippen LogP contribution in [0.25, 0.3) is 16.7 Å². The fourth-order valence-corrected chi connectivity index (χ4v) is 3.45. The van der Waals surface area contributed by atoms with Crippen LogP contribution in [-0.4, -0.2) is 24.5 Å². The lowest BCUT2D eigenvalue weighted by Crippen LogP contribution is -1.94. The summed E-state index contributed by atoms with van der Waals surface area (Å²) in [4.78, 5) is 16.0. The van der Waals surface area contributed by atoms with Crippen molar-refractivity contribution in [3.63, 3.8) is 0 Å².